The number of aromatic hydroxyl groups is 2. The van der Waals surface area contributed by atoms with Gasteiger partial charge in [0.25, 0.3) is 0 Å². The monoisotopic (exact) mass is 482 g/mol. The van der Waals surface area contributed by atoms with Gasteiger partial charge in [0.1, 0.15) is 22.9 Å². The summed E-state index contributed by atoms with van der Waals surface area (Å²) in [7, 11) is -8.83. The van der Waals surface area contributed by atoms with E-state index in [1.165, 1.54) is 18.2 Å². The van der Waals surface area contributed by atoms with Gasteiger partial charge in [-0.3, -0.25) is 4.55 Å². The molecular weight excluding hydrogens is 468 g/mol. The third kappa shape index (κ3) is 7.18. The van der Waals surface area contributed by atoms with Gasteiger partial charge < -0.3 is 10.2 Å². The van der Waals surface area contributed by atoms with Crippen molar-refractivity contribution < 1.29 is 50.4 Å². The molecule has 0 aliphatic rings. The normalized spacial score (nSPS) is 12.5. The molecule has 0 unspecified atom stereocenters. The summed E-state index contributed by atoms with van der Waals surface area (Å²) in [6, 6.07) is 7.02. The molecule has 0 saturated heterocycles. The number of benzene rings is 2. The second kappa shape index (κ2) is 10.1. The number of phenolic OH excluding ortho intramolecular Hbond substituents is 2. The van der Waals surface area contributed by atoms with Crippen molar-refractivity contribution in [2.24, 2.45) is 10.2 Å². The van der Waals surface area contributed by atoms with Crippen LogP contribution in [0.4, 0.5) is 11.4 Å². The molecule has 0 bridgehead atoms. The molecule has 0 radical (unpaired) electrons. The summed E-state index contributed by atoms with van der Waals surface area (Å²) in [6.45, 7) is -0.818. The van der Waals surface area contributed by atoms with Crippen molar-refractivity contribution in [1.82, 2.24) is 0 Å². The number of azo groups is 1. The molecule has 0 aliphatic carbocycles. The SMILES string of the molecule is O=S(=O)(O)OCCS(=O)(=O)c1ccc(N=Nc2ccc(O)cc2O)c(SOOO)c1. The Morgan fingerprint density at radius 2 is 1.63 bits per heavy atom. The van der Waals surface area contributed by atoms with E-state index in [4.69, 9.17) is 9.81 Å². The molecule has 4 N–H and O–H groups in total. The largest absolute Gasteiger partial charge is 0.508 e. The summed E-state index contributed by atoms with van der Waals surface area (Å²) in [5.41, 5.74) is 0.0554. The summed E-state index contributed by atoms with van der Waals surface area (Å²) in [6.07, 6.45) is 0. The maximum Gasteiger partial charge on any atom is 0.397 e. The number of phenols is 2. The third-order valence-electron chi connectivity index (χ3n) is 3.25. The molecule has 164 valence electrons. The van der Waals surface area contributed by atoms with Crippen molar-refractivity contribution in [3.8, 4) is 11.5 Å². The van der Waals surface area contributed by atoms with Crippen LogP contribution in [0, 0.1) is 0 Å². The first-order chi connectivity index (χ1) is 14.0. The summed E-state index contributed by atoms with van der Waals surface area (Å²) >= 11 is 0.387. The first-order valence-electron chi connectivity index (χ1n) is 7.59. The molecule has 0 spiro atoms. The van der Waals surface area contributed by atoms with Gasteiger partial charge in [0.05, 0.1) is 34.2 Å². The van der Waals surface area contributed by atoms with E-state index >= 15 is 0 Å². The standard InChI is InChI=1S/C14H14N2O11S3/c17-9-1-3-11(13(18)7-9)15-16-12-4-2-10(8-14(12)28-27-26-19)29(20,21)6-5-25-30(22,23)24/h1-4,7-8,17-19H,5-6H2,(H,22,23,24). The zero-order chi connectivity index (χ0) is 22.4. The van der Waals surface area contributed by atoms with E-state index < -0.39 is 32.6 Å². The van der Waals surface area contributed by atoms with E-state index in [1.807, 2.05) is 0 Å². The van der Waals surface area contributed by atoms with Crippen LogP contribution in [-0.2, 0) is 33.8 Å². The summed E-state index contributed by atoms with van der Waals surface area (Å²) in [5, 5.41) is 38.5. The lowest BCUT2D eigenvalue weighted by Gasteiger charge is -2.08. The minimum Gasteiger partial charge on any atom is -0.508 e. The molecule has 0 saturated carbocycles. The van der Waals surface area contributed by atoms with Crippen molar-refractivity contribution in [3.63, 3.8) is 0 Å². The van der Waals surface area contributed by atoms with Crippen LogP contribution in [0.25, 0.3) is 0 Å². The van der Waals surface area contributed by atoms with Crippen LogP contribution < -0.4 is 0 Å². The van der Waals surface area contributed by atoms with Crippen LogP contribution in [-0.4, -0.2) is 49.2 Å². The first kappa shape index (κ1) is 24.0. The second-order valence-electron chi connectivity index (χ2n) is 5.30. The van der Waals surface area contributed by atoms with E-state index in [0.717, 1.165) is 18.2 Å². The number of hydrogen-bond donors (Lipinski definition) is 4. The fourth-order valence-corrected chi connectivity index (χ4v) is 4.02. The average molecular weight is 482 g/mol. The molecule has 0 fully saturated rings. The average Bonchev–Trinajstić information content (AvgIpc) is 2.64. The van der Waals surface area contributed by atoms with E-state index in [-0.39, 0.29) is 32.7 Å². The predicted molar refractivity (Wildman–Crippen MR) is 101 cm³/mol. The van der Waals surface area contributed by atoms with Gasteiger partial charge in [-0.1, -0.05) is 5.04 Å². The van der Waals surface area contributed by atoms with Gasteiger partial charge in [0.2, 0.25) is 0 Å². The van der Waals surface area contributed by atoms with Crippen molar-refractivity contribution in [2.75, 3.05) is 12.4 Å². The number of rotatable bonds is 10. The Kier molecular flexibility index (Phi) is 8.10. The molecule has 0 atom stereocenters. The molecule has 30 heavy (non-hydrogen) atoms. The lowest BCUT2D eigenvalue weighted by atomic mass is 10.3. The smallest absolute Gasteiger partial charge is 0.397 e. The van der Waals surface area contributed by atoms with Gasteiger partial charge >= 0.3 is 10.4 Å². The molecule has 2 aromatic carbocycles. The maximum absolute atomic E-state index is 12.3. The van der Waals surface area contributed by atoms with Crippen LogP contribution in [0.1, 0.15) is 0 Å². The number of sulfone groups is 1. The number of nitrogens with zero attached hydrogens (tertiary/aromatic N) is 2. The summed E-state index contributed by atoms with van der Waals surface area (Å²) < 4.78 is 62.5. The second-order valence-corrected chi connectivity index (χ2v) is 9.24. The van der Waals surface area contributed by atoms with E-state index in [9.17, 15) is 27.0 Å². The lowest BCUT2D eigenvalue weighted by Crippen LogP contribution is -2.15. The first-order valence-corrected chi connectivity index (χ1v) is 11.3. The minimum absolute atomic E-state index is 0.00198. The summed E-state index contributed by atoms with van der Waals surface area (Å²) in [5.74, 6) is -1.32. The molecule has 0 heterocycles. The Morgan fingerprint density at radius 3 is 2.27 bits per heavy atom. The molecular formula is C14H14N2O11S3. The Labute approximate surface area is 174 Å². The molecule has 2 rings (SSSR count). The molecule has 16 heteroatoms. The minimum atomic E-state index is -4.79. The van der Waals surface area contributed by atoms with Gasteiger partial charge in [-0.05, 0) is 30.3 Å². The van der Waals surface area contributed by atoms with Crippen LogP contribution in [0.15, 0.2) is 56.4 Å². The molecule has 0 amide bonds. The van der Waals surface area contributed by atoms with Gasteiger partial charge in [0.15, 0.2) is 9.84 Å². The van der Waals surface area contributed by atoms with E-state index in [1.54, 1.807) is 0 Å². The fourth-order valence-electron chi connectivity index (χ4n) is 1.96. The molecule has 0 aliphatic heterocycles. The highest BCUT2D eigenvalue weighted by Gasteiger charge is 2.19. The van der Waals surface area contributed by atoms with Crippen molar-refractivity contribution in [1.29, 1.82) is 0 Å². The zero-order valence-electron chi connectivity index (χ0n) is 14.6. The Balaban J connectivity index is 2.30. The number of hydrogen-bond acceptors (Lipinski definition) is 13. The van der Waals surface area contributed by atoms with Gasteiger partial charge in [-0.15, -0.1) is 14.6 Å². The summed E-state index contributed by atoms with van der Waals surface area (Å²) in [4.78, 5) is -0.264. The zero-order valence-corrected chi connectivity index (χ0v) is 17.1. The Morgan fingerprint density at radius 1 is 0.967 bits per heavy atom. The predicted octanol–water partition coefficient (Wildman–Crippen LogP) is 2.53. The molecule has 0 aromatic heterocycles. The maximum atomic E-state index is 12.3. The van der Waals surface area contributed by atoms with Crippen molar-refractivity contribution in [2.45, 2.75) is 9.79 Å². The van der Waals surface area contributed by atoms with Crippen LogP contribution in [0.5, 0.6) is 11.5 Å². The van der Waals surface area contributed by atoms with Crippen LogP contribution in [0.2, 0.25) is 0 Å². The van der Waals surface area contributed by atoms with Crippen LogP contribution >= 0.6 is 12.0 Å². The van der Waals surface area contributed by atoms with Gasteiger partial charge in [-0.2, -0.15) is 8.42 Å². The Bertz CT molecular complexity index is 1130. The van der Waals surface area contributed by atoms with Crippen molar-refractivity contribution >= 4 is 43.7 Å². The fraction of sp³-hybridized carbons (Fsp3) is 0.143. The van der Waals surface area contributed by atoms with E-state index in [0.29, 0.717) is 12.0 Å². The topological polar surface area (TPSA) is 202 Å². The molecule has 2 aromatic rings. The third-order valence-corrected chi connectivity index (χ3v) is 6.03. The highest BCUT2D eigenvalue weighted by atomic mass is 32.3. The molecule has 13 nitrogen and oxygen atoms in total. The van der Waals surface area contributed by atoms with Crippen molar-refractivity contribution in [3.05, 3.63) is 36.4 Å². The lowest BCUT2D eigenvalue weighted by molar-refractivity contribution is -0.432. The Hall–Kier alpha value is -2.31. The van der Waals surface area contributed by atoms with Crippen LogP contribution in [0.3, 0.4) is 0 Å². The highest BCUT2D eigenvalue weighted by Crippen LogP contribution is 2.36. The van der Waals surface area contributed by atoms with Gasteiger partial charge in [0, 0.05) is 6.07 Å². The van der Waals surface area contributed by atoms with E-state index in [2.05, 4.69) is 23.8 Å². The van der Waals surface area contributed by atoms with Gasteiger partial charge in [-0.25, -0.2) is 17.9 Å². The quantitative estimate of drug-likeness (QED) is 0.127. The highest BCUT2D eigenvalue weighted by molar-refractivity contribution is 7.95.